The van der Waals surface area contributed by atoms with E-state index in [1.807, 2.05) is 74.5 Å². The van der Waals surface area contributed by atoms with Crippen LogP contribution in [0.1, 0.15) is 21.4 Å². The third-order valence-electron chi connectivity index (χ3n) is 3.60. The van der Waals surface area contributed by atoms with Crippen LogP contribution in [0.2, 0.25) is 0 Å². The molecule has 0 saturated heterocycles. The maximum absolute atomic E-state index is 12.9. The first-order valence-corrected chi connectivity index (χ1v) is 9.34. The first-order valence-electron chi connectivity index (χ1n) is 7.65. The molecule has 3 rings (SSSR count). The van der Waals surface area contributed by atoms with Gasteiger partial charge in [-0.1, -0.05) is 48.5 Å². The highest BCUT2D eigenvalue weighted by Crippen LogP contribution is 2.36. The van der Waals surface area contributed by atoms with E-state index in [1.165, 1.54) is 11.3 Å². The predicted octanol–water partition coefficient (Wildman–Crippen LogP) is 5.23. The molecule has 1 atom stereocenters. The van der Waals surface area contributed by atoms with Crippen LogP contribution in [-0.2, 0) is 4.79 Å². The molecular weight excluding hydrogens is 336 g/mol. The van der Waals surface area contributed by atoms with Crippen molar-refractivity contribution in [2.45, 2.75) is 24.0 Å². The number of thioether (sulfide) groups is 1. The number of amides is 1. The number of carbonyl (C=O) groups excluding carboxylic acids is 1. The molecule has 0 radical (unpaired) electrons. The van der Waals surface area contributed by atoms with E-state index >= 15 is 0 Å². The highest BCUT2D eigenvalue weighted by molar-refractivity contribution is 8.00. The Bertz CT molecular complexity index is 796. The molecule has 0 bridgehead atoms. The molecule has 0 aliphatic carbocycles. The first kappa shape index (κ1) is 16.7. The Labute approximate surface area is 150 Å². The fourth-order valence-corrected chi connectivity index (χ4v) is 4.10. The molecule has 0 spiro atoms. The number of benzene rings is 2. The van der Waals surface area contributed by atoms with Crippen molar-refractivity contribution in [2.24, 2.45) is 0 Å². The van der Waals surface area contributed by atoms with Gasteiger partial charge >= 0.3 is 0 Å². The summed E-state index contributed by atoms with van der Waals surface area (Å²) in [5, 5.41) is 3.31. The van der Waals surface area contributed by atoms with E-state index in [4.69, 9.17) is 0 Å². The summed E-state index contributed by atoms with van der Waals surface area (Å²) in [6, 6.07) is 19.8. The van der Waals surface area contributed by atoms with Crippen LogP contribution in [-0.4, -0.2) is 10.9 Å². The zero-order valence-electron chi connectivity index (χ0n) is 13.5. The molecule has 5 heteroatoms. The van der Waals surface area contributed by atoms with Gasteiger partial charge in [0.15, 0.2) is 5.13 Å². The fraction of sp³-hybridized carbons (Fsp3) is 0.158. The number of thiazole rings is 1. The van der Waals surface area contributed by atoms with Crippen molar-refractivity contribution in [3.8, 4) is 0 Å². The molecule has 3 nitrogen and oxygen atoms in total. The van der Waals surface area contributed by atoms with Crippen LogP contribution in [0.5, 0.6) is 0 Å². The SMILES string of the molecule is Cc1nc(NC(=O)[C@H](Sc2ccccc2)c2ccccc2)sc1C. The maximum atomic E-state index is 12.9. The van der Waals surface area contributed by atoms with Crippen LogP contribution in [0.25, 0.3) is 0 Å². The predicted molar refractivity (Wildman–Crippen MR) is 102 cm³/mol. The largest absolute Gasteiger partial charge is 0.301 e. The lowest BCUT2D eigenvalue weighted by Crippen LogP contribution is -2.18. The zero-order valence-corrected chi connectivity index (χ0v) is 15.2. The van der Waals surface area contributed by atoms with Crippen molar-refractivity contribution >= 4 is 34.1 Å². The molecule has 3 aromatic rings. The number of hydrogen-bond donors (Lipinski definition) is 1. The lowest BCUT2D eigenvalue weighted by atomic mass is 10.1. The van der Waals surface area contributed by atoms with Crippen molar-refractivity contribution in [1.82, 2.24) is 4.98 Å². The standard InChI is InChI=1S/C19H18N2OS2/c1-13-14(2)23-19(20-13)21-18(22)17(15-9-5-3-6-10-15)24-16-11-7-4-8-12-16/h3-12,17H,1-2H3,(H,20,21,22)/t17-/m1/s1. The summed E-state index contributed by atoms with van der Waals surface area (Å²) in [5.41, 5.74) is 1.94. The highest BCUT2D eigenvalue weighted by atomic mass is 32.2. The van der Waals surface area contributed by atoms with Gasteiger partial charge in [-0.25, -0.2) is 4.98 Å². The summed E-state index contributed by atoms with van der Waals surface area (Å²) in [6.45, 7) is 3.96. The molecule has 1 N–H and O–H groups in total. The van der Waals surface area contributed by atoms with Crippen LogP contribution >= 0.6 is 23.1 Å². The number of nitrogens with one attached hydrogen (secondary N) is 1. The van der Waals surface area contributed by atoms with Crippen molar-refractivity contribution in [1.29, 1.82) is 0 Å². The van der Waals surface area contributed by atoms with E-state index in [9.17, 15) is 4.79 Å². The van der Waals surface area contributed by atoms with Gasteiger partial charge in [0.2, 0.25) is 5.91 Å². The molecule has 1 amide bonds. The molecule has 1 heterocycles. The van der Waals surface area contributed by atoms with Crippen LogP contribution in [0.15, 0.2) is 65.6 Å². The number of rotatable bonds is 5. The van der Waals surface area contributed by atoms with Gasteiger partial charge in [-0.2, -0.15) is 0 Å². The molecule has 122 valence electrons. The number of carbonyl (C=O) groups is 1. The van der Waals surface area contributed by atoms with Crippen molar-refractivity contribution in [2.75, 3.05) is 5.32 Å². The van der Waals surface area contributed by atoms with Gasteiger partial charge in [-0.3, -0.25) is 4.79 Å². The monoisotopic (exact) mass is 354 g/mol. The van der Waals surface area contributed by atoms with E-state index in [0.717, 1.165) is 21.0 Å². The minimum atomic E-state index is -0.321. The fourth-order valence-electron chi connectivity index (χ4n) is 2.23. The smallest absolute Gasteiger partial charge is 0.244 e. The highest BCUT2D eigenvalue weighted by Gasteiger charge is 2.23. The Balaban J connectivity index is 1.84. The minimum absolute atomic E-state index is 0.0520. The third-order valence-corrected chi connectivity index (χ3v) is 5.85. The second-order valence-corrected chi connectivity index (χ2v) is 7.75. The average Bonchev–Trinajstić information content (AvgIpc) is 2.91. The Morgan fingerprint density at radius 2 is 1.67 bits per heavy atom. The quantitative estimate of drug-likeness (QED) is 0.638. The summed E-state index contributed by atoms with van der Waals surface area (Å²) in [6.07, 6.45) is 0. The summed E-state index contributed by atoms with van der Waals surface area (Å²) in [4.78, 5) is 19.5. The summed E-state index contributed by atoms with van der Waals surface area (Å²) in [5.74, 6) is -0.0520. The molecule has 24 heavy (non-hydrogen) atoms. The second-order valence-electron chi connectivity index (χ2n) is 5.37. The molecule has 0 unspecified atom stereocenters. The van der Waals surface area contributed by atoms with Gasteiger partial charge in [-0.15, -0.1) is 23.1 Å². The minimum Gasteiger partial charge on any atom is -0.301 e. The van der Waals surface area contributed by atoms with E-state index in [2.05, 4.69) is 10.3 Å². The summed E-state index contributed by atoms with van der Waals surface area (Å²) in [7, 11) is 0. The zero-order chi connectivity index (χ0) is 16.9. The first-order chi connectivity index (χ1) is 11.6. The lowest BCUT2D eigenvalue weighted by Gasteiger charge is -2.16. The van der Waals surface area contributed by atoms with E-state index in [-0.39, 0.29) is 11.2 Å². The molecule has 0 fully saturated rings. The molecular formula is C19H18N2OS2. The van der Waals surface area contributed by atoms with Gasteiger partial charge in [-0.05, 0) is 31.5 Å². The molecule has 1 aromatic heterocycles. The van der Waals surface area contributed by atoms with Crippen LogP contribution in [0.4, 0.5) is 5.13 Å². The van der Waals surface area contributed by atoms with Gasteiger partial charge in [0.25, 0.3) is 0 Å². The van der Waals surface area contributed by atoms with E-state index < -0.39 is 0 Å². The van der Waals surface area contributed by atoms with Gasteiger partial charge in [0.1, 0.15) is 5.25 Å². The van der Waals surface area contributed by atoms with Gasteiger partial charge < -0.3 is 5.32 Å². The van der Waals surface area contributed by atoms with Crippen molar-refractivity contribution in [3.05, 3.63) is 76.8 Å². The van der Waals surface area contributed by atoms with E-state index in [1.54, 1.807) is 11.8 Å². The maximum Gasteiger partial charge on any atom is 0.244 e. The van der Waals surface area contributed by atoms with Crippen LogP contribution in [0.3, 0.4) is 0 Å². The number of anilines is 1. The number of nitrogens with zero attached hydrogens (tertiary/aromatic N) is 1. The number of aryl methyl sites for hydroxylation is 2. The molecule has 0 saturated carbocycles. The normalized spacial score (nSPS) is 11.9. The van der Waals surface area contributed by atoms with Gasteiger partial charge in [0.05, 0.1) is 5.69 Å². The topological polar surface area (TPSA) is 42.0 Å². The number of aromatic nitrogens is 1. The molecule has 0 aliphatic rings. The van der Waals surface area contributed by atoms with Crippen LogP contribution < -0.4 is 5.32 Å². The Morgan fingerprint density at radius 3 is 2.25 bits per heavy atom. The Hall–Kier alpha value is -2.11. The van der Waals surface area contributed by atoms with Crippen molar-refractivity contribution in [3.63, 3.8) is 0 Å². The Kier molecular flexibility index (Phi) is 5.33. The van der Waals surface area contributed by atoms with Gasteiger partial charge in [0, 0.05) is 9.77 Å². The lowest BCUT2D eigenvalue weighted by molar-refractivity contribution is -0.115. The summed E-state index contributed by atoms with van der Waals surface area (Å²) < 4.78 is 0. The number of hydrogen-bond acceptors (Lipinski definition) is 4. The third kappa shape index (κ3) is 4.04. The average molecular weight is 355 g/mol. The Morgan fingerprint density at radius 1 is 1.04 bits per heavy atom. The van der Waals surface area contributed by atoms with Crippen LogP contribution in [0, 0.1) is 13.8 Å². The summed E-state index contributed by atoms with van der Waals surface area (Å²) >= 11 is 3.05. The molecule has 0 aliphatic heterocycles. The molecule has 2 aromatic carbocycles. The second kappa shape index (κ2) is 7.64. The van der Waals surface area contributed by atoms with Crippen molar-refractivity contribution < 1.29 is 4.79 Å². The van der Waals surface area contributed by atoms with E-state index in [0.29, 0.717) is 5.13 Å².